The van der Waals surface area contributed by atoms with E-state index in [1.54, 1.807) is 18.7 Å². The van der Waals surface area contributed by atoms with E-state index < -0.39 is 0 Å². The topological polar surface area (TPSA) is 38.1 Å². The molecule has 0 unspecified atom stereocenters. The summed E-state index contributed by atoms with van der Waals surface area (Å²) in [6.07, 6.45) is 8.88. The number of aliphatic imine (C=N–C) groups is 1. The fraction of sp³-hybridized carbons (Fsp3) is 0.182. The minimum atomic E-state index is 0.960. The SMILES string of the molecule is C=N/C=C\C(=C/C)c1cncnc1C. The van der Waals surface area contributed by atoms with Crippen molar-refractivity contribution < 1.29 is 0 Å². The Kier molecular flexibility index (Phi) is 3.73. The second-order valence-electron chi connectivity index (χ2n) is 2.76. The third-order valence-electron chi connectivity index (χ3n) is 1.89. The van der Waals surface area contributed by atoms with Crippen molar-refractivity contribution in [1.82, 2.24) is 9.97 Å². The van der Waals surface area contributed by atoms with Crippen molar-refractivity contribution in [3.8, 4) is 0 Å². The van der Waals surface area contributed by atoms with E-state index in [1.807, 2.05) is 26.0 Å². The first kappa shape index (κ1) is 10.3. The molecule has 1 aromatic heterocycles. The number of hydrogen-bond acceptors (Lipinski definition) is 3. The van der Waals surface area contributed by atoms with E-state index >= 15 is 0 Å². The maximum atomic E-state index is 4.12. The molecule has 0 fully saturated rings. The van der Waals surface area contributed by atoms with Crippen LogP contribution in [0.4, 0.5) is 0 Å². The molecule has 0 aliphatic heterocycles. The molecule has 0 N–H and O–H groups in total. The molecule has 0 bridgehead atoms. The fourth-order valence-electron chi connectivity index (χ4n) is 1.15. The standard InChI is InChI=1S/C11H13N3/c1-4-10(5-6-12-3)11-7-13-8-14-9(11)2/h4-8H,3H2,1-2H3/b6-5-,10-4+. The summed E-state index contributed by atoms with van der Waals surface area (Å²) in [5.41, 5.74) is 3.03. The Bertz CT molecular complexity index is 378. The molecule has 0 aliphatic carbocycles. The quantitative estimate of drug-likeness (QED) is 0.538. The maximum Gasteiger partial charge on any atom is 0.115 e. The highest BCUT2D eigenvalue weighted by molar-refractivity contribution is 5.74. The van der Waals surface area contributed by atoms with Crippen molar-refractivity contribution in [3.05, 3.63) is 42.1 Å². The molecule has 0 atom stereocenters. The second-order valence-corrected chi connectivity index (χ2v) is 2.76. The van der Waals surface area contributed by atoms with Gasteiger partial charge in [-0.15, -0.1) is 0 Å². The zero-order chi connectivity index (χ0) is 10.4. The van der Waals surface area contributed by atoms with E-state index in [0.29, 0.717) is 0 Å². The highest BCUT2D eigenvalue weighted by Gasteiger charge is 2.01. The van der Waals surface area contributed by atoms with Gasteiger partial charge in [-0.05, 0) is 32.2 Å². The molecule has 3 heteroatoms. The fourth-order valence-corrected chi connectivity index (χ4v) is 1.15. The van der Waals surface area contributed by atoms with Crippen LogP contribution in [0.2, 0.25) is 0 Å². The largest absolute Gasteiger partial charge is 0.272 e. The Labute approximate surface area is 83.9 Å². The second kappa shape index (κ2) is 5.07. The molecule has 1 aromatic rings. The first-order valence-corrected chi connectivity index (χ1v) is 4.35. The molecule has 1 heterocycles. The van der Waals surface area contributed by atoms with E-state index in [4.69, 9.17) is 0 Å². The van der Waals surface area contributed by atoms with Gasteiger partial charge in [-0.25, -0.2) is 9.97 Å². The molecule has 0 radical (unpaired) electrons. The number of aryl methyl sites for hydroxylation is 1. The Balaban J connectivity index is 3.08. The van der Waals surface area contributed by atoms with Crippen LogP contribution in [0.1, 0.15) is 18.2 Å². The third-order valence-corrected chi connectivity index (χ3v) is 1.89. The minimum absolute atomic E-state index is 0.960. The van der Waals surface area contributed by atoms with E-state index in [-0.39, 0.29) is 0 Å². The van der Waals surface area contributed by atoms with Crippen molar-refractivity contribution in [2.75, 3.05) is 0 Å². The molecular formula is C11H13N3. The summed E-state index contributed by atoms with van der Waals surface area (Å²) in [6, 6.07) is 0. The van der Waals surface area contributed by atoms with Crippen molar-refractivity contribution >= 4 is 12.3 Å². The molecule has 0 saturated carbocycles. The molecule has 0 amide bonds. The molecule has 0 saturated heterocycles. The van der Waals surface area contributed by atoms with Crippen LogP contribution in [0.5, 0.6) is 0 Å². The van der Waals surface area contributed by atoms with E-state index in [0.717, 1.165) is 16.8 Å². The van der Waals surface area contributed by atoms with Crippen LogP contribution in [0.25, 0.3) is 5.57 Å². The molecule has 0 aromatic carbocycles. The van der Waals surface area contributed by atoms with Crippen LogP contribution < -0.4 is 0 Å². The van der Waals surface area contributed by atoms with E-state index in [1.165, 1.54) is 0 Å². The zero-order valence-corrected chi connectivity index (χ0v) is 8.44. The Morgan fingerprint density at radius 1 is 1.57 bits per heavy atom. The van der Waals surface area contributed by atoms with Crippen LogP contribution in [0.3, 0.4) is 0 Å². The highest BCUT2D eigenvalue weighted by atomic mass is 14.8. The summed E-state index contributed by atoms with van der Waals surface area (Å²) in [7, 11) is 0. The van der Waals surface area contributed by atoms with Gasteiger partial charge in [0.1, 0.15) is 6.33 Å². The summed E-state index contributed by atoms with van der Waals surface area (Å²) in [5.74, 6) is 0. The summed E-state index contributed by atoms with van der Waals surface area (Å²) in [6.45, 7) is 7.31. The average molecular weight is 187 g/mol. The van der Waals surface area contributed by atoms with Crippen LogP contribution >= 0.6 is 0 Å². The number of aromatic nitrogens is 2. The summed E-state index contributed by atoms with van der Waals surface area (Å²) in [4.78, 5) is 11.8. The van der Waals surface area contributed by atoms with Gasteiger partial charge in [-0.1, -0.05) is 6.08 Å². The molecule has 0 spiro atoms. The summed E-state index contributed by atoms with van der Waals surface area (Å²) >= 11 is 0. The smallest absolute Gasteiger partial charge is 0.115 e. The predicted octanol–water partition coefficient (Wildman–Crippen LogP) is 2.40. The third kappa shape index (κ3) is 2.36. The van der Waals surface area contributed by atoms with Gasteiger partial charge < -0.3 is 0 Å². The van der Waals surface area contributed by atoms with Gasteiger partial charge >= 0.3 is 0 Å². The lowest BCUT2D eigenvalue weighted by atomic mass is 10.1. The lowest BCUT2D eigenvalue weighted by molar-refractivity contribution is 1.09. The monoisotopic (exact) mass is 187 g/mol. The predicted molar refractivity (Wildman–Crippen MR) is 59.1 cm³/mol. The average Bonchev–Trinajstić information content (AvgIpc) is 2.21. The van der Waals surface area contributed by atoms with Gasteiger partial charge in [-0.2, -0.15) is 0 Å². The van der Waals surface area contributed by atoms with Crippen molar-refractivity contribution in [2.24, 2.45) is 4.99 Å². The molecule has 14 heavy (non-hydrogen) atoms. The van der Waals surface area contributed by atoms with Crippen molar-refractivity contribution in [1.29, 1.82) is 0 Å². The van der Waals surface area contributed by atoms with Crippen LogP contribution in [-0.4, -0.2) is 16.7 Å². The van der Waals surface area contributed by atoms with Gasteiger partial charge in [0, 0.05) is 23.7 Å². The van der Waals surface area contributed by atoms with Gasteiger partial charge in [0.05, 0.1) is 0 Å². The lowest BCUT2D eigenvalue weighted by Crippen LogP contribution is -1.91. The molecule has 0 aliphatic rings. The molecule has 72 valence electrons. The molecule has 3 nitrogen and oxygen atoms in total. The van der Waals surface area contributed by atoms with E-state index in [2.05, 4.69) is 21.7 Å². The highest BCUT2D eigenvalue weighted by Crippen LogP contribution is 2.16. The van der Waals surface area contributed by atoms with E-state index in [9.17, 15) is 0 Å². The lowest BCUT2D eigenvalue weighted by Gasteiger charge is -2.03. The summed E-state index contributed by atoms with van der Waals surface area (Å²) in [5, 5.41) is 0. The Morgan fingerprint density at radius 2 is 2.36 bits per heavy atom. The first-order valence-electron chi connectivity index (χ1n) is 4.35. The molecule has 1 rings (SSSR count). The maximum absolute atomic E-state index is 4.12. The van der Waals surface area contributed by atoms with Gasteiger partial charge in [0.15, 0.2) is 0 Å². The van der Waals surface area contributed by atoms with Gasteiger partial charge in [0.25, 0.3) is 0 Å². The Morgan fingerprint density at radius 3 is 2.93 bits per heavy atom. The number of nitrogens with zero attached hydrogens (tertiary/aromatic N) is 3. The first-order chi connectivity index (χ1) is 6.79. The van der Waals surface area contributed by atoms with Crippen LogP contribution in [0, 0.1) is 6.92 Å². The zero-order valence-electron chi connectivity index (χ0n) is 8.44. The normalized spacial score (nSPS) is 12.0. The van der Waals surface area contributed by atoms with Gasteiger partial charge in [-0.3, -0.25) is 4.99 Å². The van der Waals surface area contributed by atoms with Crippen LogP contribution in [0.15, 0.2) is 35.9 Å². The number of rotatable bonds is 3. The number of hydrogen-bond donors (Lipinski definition) is 0. The number of allylic oxidation sites excluding steroid dienone is 3. The van der Waals surface area contributed by atoms with Crippen molar-refractivity contribution in [2.45, 2.75) is 13.8 Å². The molecular weight excluding hydrogens is 174 g/mol. The minimum Gasteiger partial charge on any atom is -0.272 e. The van der Waals surface area contributed by atoms with Gasteiger partial charge in [0.2, 0.25) is 0 Å². The summed E-state index contributed by atoms with van der Waals surface area (Å²) < 4.78 is 0. The van der Waals surface area contributed by atoms with Crippen LogP contribution in [-0.2, 0) is 0 Å². The van der Waals surface area contributed by atoms with Crippen molar-refractivity contribution in [3.63, 3.8) is 0 Å². The Hall–Kier alpha value is -1.77.